The molecule has 1 rings (SSSR count). The van der Waals surface area contributed by atoms with Gasteiger partial charge in [0.05, 0.1) is 6.54 Å². The van der Waals surface area contributed by atoms with Gasteiger partial charge in [0.2, 0.25) is 5.91 Å². The lowest BCUT2D eigenvalue weighted by Gasteiger charge is -2.37. The molecule has 0 bridgehead atoms. The molecule has 4 nitrogen and oxygen atoms in total. The average Bonchev–Trinajstić information content (AvgIpc) is 2.26. The quantitative estimate of drug-likeness (QED) is 0.722. The predicted molar refractivity (Wildman–Crippen MR) is 61.8 cm³/mol. The highest BCUT2D eigenvalue weighted by atomic mass is 16.2. The van der Waals surface area contributed by atoms with Crippen LogP contribution in [0.4, 0.5) is 0 Å². The monoisotopic (exact) mass is 213 g/mol. The number of rotatable bonds is 4. The number of hydrogen-bond donors (Lipinski definition) is 1. The zero-order valence-corrected chi connectivity index (χ0v) is 10.1. The second-order valence-corrected chi connectivity index (χ2v) is 4.29. The third-order valence-corrected chi connectivity index (χ3v) is 2.92. The van der Waals surface area contributed by atoms with E-state index in [0.29, 0.717) is 12.6 Å². The van der Waals surface area contributed by atoms with E-state index in [0.717, 1.165) is 32.7 Å². The molecule has 1 amide bonds. The van der Waals surface area contributed by atoms with Crippen LogP contribution in [0.1, 0.15) is 20.8 Å². The van der Waals surface area contributed by atoms with Crippen LogP contribution in [0.25, 0.3) is 0 Å². The van der Waals surface area contributed by atoms with Crippen molar-refractivity contribution in [3.05, 3.63) is 0 Å². The molecule has 1 fully saturated rings. The fraction of sp³-hybridized carbons (Fsp3) is 0.909. The van der Waals surface area contributed by atoms with Crippen LogP contribution in [0.2, 0.25) is 0 Å². The SMILES string of the molecule is CCNCC(=O)N1CCN(C(C)C)CC1. The van der Waals surface area contributed by atoms with Crippen LogP contribution in [0, 0.1) is 0 Å². The maximum Gasteiger partial charge on any atom is 0.236 e. The lowest BCUT2D eigenvalue weighted by Crippen LogP contribution is -2.52. The number of piperazine rings is 1. The van der Waals surface area contributed by atoms with E-state index in [9.17, 15) is 4.79 Å². The molecular formula is C11H23N3O. The van der Waals surface area contributed by atoms with Crippen molar-refractivity contribution < 1.29 is 4.79 Å². The second-order valence-electron chi connectivity index (χ2n) is 4.29. The van der Waals surface area contributed by atoms with Gasteiger partial charge in [-0.15, -0.1) is 0 Å². The molecule has 0 atom stereocenters. The first-order valence-electron chi connectivity index (χ1n) is 5.87. The Hall–Kier alpha value is -0.610. The molecule has 1 aliphatic rings. The van der Waals surface area contributed by atoms with E-state index in [1.165, 1.54) is 0 Å². The van der Waals surface area contributed by atoms with E-state index in [-0.39, 0.29) is 5.91 Å². The molecule has 1 heterocycles. The Balaban J connectivity index is 2.27. The minimum Gasteiger partial charge on any atom is -0.339 e. The fourth-order valence-corrected chi connectivity index (χ4v) is 1.83. The zero-order chi connectivity index (χ0) is 11.3. The Labute approximate surface area is 92.6 Å². The van der Waals surface area contributed by atoms with Crippen LogP contribution < -0.4 is 5.32 Å². The van der Waals surface area contributed by atoms with Crippen LogP contribution in [-0.4, -0.2) is 61.0 Å². The number of nitrogens with zero attached hydrogens (tertiary/aromatic N) is 2. The lowest BCUT2D eigenvalue weighted by atomic mass is 10.2. The molecule has 1 aliphatic heterocycles. The summed E-state index contributed by atoms with van der Waals surface area (Å²) < 4.78 is 0. The average molecular weight is 213 g/mol. The summed E-state index contributed by atoms with van der Waals surface area (Å²) in [5.41, 5.74) is 0. The van der Waals surface area contributed by atoms with Crippen molar-refractivity contribution in [2.75, 3.05) is 39.3 Å². The van der Waals surface area contributed by atoms with E-state index < -0.39 is 0 Å². The molecule has 0 saturated carbocycles. The zero-order valence-electron chi connectivity index (χ0n) is 10.1. The first kappa shape index (κ1) is 12.5. The van der Waals surface area contributed by atoms with Crippen LogP contribution in [0.3, 0.4) is 0 Å². The van der Waals surface area contributed by atoms with Gasteiger partial charge >= 0.3 is 0 Å². The fourth-order valence-electron chi connectivity index (χ4n) is 1.83. The van der Waals surface area contributed by atoms with Gasteiger partial charge in [0, 0.05) is 32.2 Å². The molecule has 0 unspecified atom stereocenters. The van der Waals surface area contributed by atoms with Crippen LogP contribution >= 0.6 is 0 Å². The summed E-state index contributed by atoms with van der Waals surface area (Å²) in [6.07, 6.45) is 0. The van der Waals surface area contributed by atoms with Crippen LogP contribution in [0.15, 0.2) is 0 Å². The van der Waals surface area contributed by atoms with Gasteiger partial charge in [-0.2, -0.15) is 0 Å². The molecule has 0 radical (unpaired) electrons. The smallest absolute Gasteiger partial charge is 0.236 e. The Kier molecular flexibility index (Phi) is 5.05. The van der Waals surface area contributed by atoms with Crippen molar-refractivity contribution in [1.82, 2.24) is 15.1 Å². The van der Waals surface area contributed by atoms with Gasteiger partial charge in [-0.05, 0) is 20.4 Å². The van der Waals surface area contributed by atoms with E-state index in [1.807, 2.05) is 11.8 Å². The van der Waals surface area contributed by atoms with Crippen molar-refractivity contribution in [1.29, 1.82) is 0 Å². The number of amides is 1. The van der Waals surface area contributed by atoms with Crippen LogP contribution in [-0.2, 0) is 4.79 Å². The first-order valence-corrected chi connectivity index (χ1v) is 5.87. The summed E-state index contributed by atoms with van der Waals surface area (Å²) in [6, 6.07) is 0.594. The third kappa shape index (κ3) is 3.80. The molecule has 0 aliphatic carbocycles. The van der Waals surface area contributed by atoms with E-state index in [2.05, 4.69) is 24.1 Å². The van der Waals surface area contributed by atoms with Gasteiger partial charge in [0.25, 0.3) is 0 Å². The van der Waals surface area contributed by atoms with E-state index >= 15 is 0 Å². The minimum atomic E-state index is 0.236. The number of nitrogens with one attached hydrogen (secondary N) is 1. The lowest BCUT2D eigenvalue weighted by molar-refractivity contribution is -0.132. The molecule has 1 N–H and O–H groups in total. The highest BCUT2D eigenvalue weighted by Crippen LogP contribution is 2.05. The number of hydrogen-bond acceptors (Lipinski definition) is 3. The van der Waals surface area contributed by atoms with Gasteiger partial charge in [0.1, 0.15) is 0 Å². The highest BCUT2D eigenvalue weighted by Gasteiger charge is 2.21. The summed E-state index contributed by atoms with van der Waals surface area (Å²) >= 11 is 0. The summed E-state index contributed by atoms with van der Waals surface area (Å²) in [6.45, 7) is 11.5. The summed E-state index contributed by atoms with van der Waals surface area (Å²) in [5.74, 6) is 0.236. The van der Waals surface area contributed by atoms with Crippen molar-refractivity contribution in [2.45, 2.75) is 26.8 Å². The van der Waals surface area contributed by atoms with Crippen molar-refractivity contribution in [3.8, 4) is 0 Å². The summed E-state index contributed by atoms with van der Waals surface area (Å²) in [4.78, 5) is 16.1. The first-order chi connectivity index (χ1) is 7.15. The maximum absolute atomic E-state index is 11.7. The predicted octanol–water partition coefficient (Wildman–Crippen LogP) is 0.149. The van der Waals surface area contributed by atoms with Gasteiger partial charge in [-0.3, -0.25) is 9.69 Å². The molecule has 1 saturated heterocycles. The second kappa shape index (κ2) is 6.08. The molecule has 88 valence electrons. The normalized spacial score (nSPS) is 18.5. The van der Waals surface area contributed by atoms with Crippen molar-refractivity contribution >= 4 is 5.91 Å². The largest absolute Gasteiger partial charge is 0.339 e. The summed E-state index contributed by atoms with van der Waals surface area (Å²) in [5, 5.41) is 3.07. The van der Waals surface area contributed by atoms with Gasteiger partial charge in [0.15, 0.2) is 0 Å². The van der Waals surface area contributed by atoms with Crippen molar-refractivity contribution in [2.24, 2.45) is 0 Å². The topological polar surface area (TPSA) is 35.6 Å². The van der Waals surface area contributed by atoms with Gasteiger partial charge in [-0.1, -0.05) is 6.92 Å². The van der Waals surface area contributed by atoms with Gasteiger partial charge < -0.3 is 10.2 Å². The highest BCUT2D eigenvalue weighted by molar-refractivity contribution is 5.78. The Bertz CT molecular complexity index is 198. The van der Waals surface area contributed by atoms with E-state index in [1.54, 1.807) is 0 Å². The number of likely N-dealkylation sites (N-methyl/N-ethyl adjacent to an activating group) is 1. The molecule has 0 spiro atoms. The van der Waals surface area contributed by atoms with Crippen LogP contribution in [0.5, 0.6) is 0 Å². The molecule has 4 heteroatoms. The molecule has 15 heavy (non-hydrogen) atoms. The van der Waals surface area contributed by atoms with Gasteiger partial charge in [-0.25, -0.2) is 0 Å². The molecule has 0 aromatic carbocycles. The Morgan fingerprint density at radius 1 is 1.27 bits per heavy atom. The maximum atomic E-state index is 11.7. The Morgan fingerprint density at radius 3 is 2.33 bits per heavy atom. The number of carbonyl (C=O) groups excluding carboxylic acids is 1. The minimum absolute atomic E-state index is 0.236. The summed E-state index contributed by atoms with van der Waals surface area (Å²) in [7, 11) is 0. The third-order valence-electron chi connectivity index (χ3n) is 2.92. The number of carbonyl (C=O) groups is 1. The molecule has 0 aromatic rings. The van der Waals surface area contributed by atoms with E-state index in [4.69, 9.17) is 0 Å². The Morgan fingerprint density at radius 2 is 1.87 bits per heavy atom. The standard InChI is InChI=1S/C11H23N3O/c1-4-12-9-11(15)14-7-5-13(6-8-14)10(2)3/h10,12H,4-9H2,1-3H3. The van der Waals surface area contributed by atoms with Crippen molar-refractivity contribution in [3.63, 3.8) is 0 Å². The molecule has 0 aromatic heterocycles. The molecular weight excluding hydrogens is 190 g/mol.